The van der Waals surface area contributed by atoms with Gasteiger partial charge in [-0.1, -0.05) is 20.8 Å². The van der Waals surface area contributed by atoms with Crippen LogP contribution >= 0.6 is 0 Å². The molecule has 0 aliphatic carbocycles. The molecule has 0 bridgehead atoms. The van der Waals surface area contributed by atoms with Crippen LogP contribution in [0.15, 0.2) is 9.59 Å². The van der Waals surface area contributed by atoms with Gasteiger partial charge in [0.2, 0.25) is 0 Å². The van der Waals surface area contributed by atoms with Crippen LogP contribution in [-0.2, 0) is 13.0 Å². The molecule has 6 heteroatoms. The molecule has 6 nitrogen and oxygen atoms in total. The van der Waals surface area contributed by atoms with Gasteiger partial charge < -0.3 is 4.98 Å². The van der Waals surface area contributed by atoms with Crippen molar-refractivity contribution in [2.45, 2.75) is 33.7 Å². The van der Waals surface area contributed by atoms with Gasteiger partial charge >= 0.3 is 5.69 Å². The van der Waals surface area contributed by atoms with Gasteiger partial charge in [-0.3, -0.25) is 14.3 Å². The molecule has 0 saturated heterocycles. The molecule has 2 aromatic heterocycles. The Labute approximate surface area is 97.7 Å². The van der Waals surface area contributed by atoms with Crippen LogP contribution in [0.3, 0.4) is 0 Å². The van der Waals surface area contributed by atoms with E-state index in [1.54, 1.807) is 0 Å². The first-order chi connectivity index (χ1) is 8.02. The number of aromatic amines is 2. The minimum absolute atomic E-state index is 0.309. The number of nitrogens with one attached hydrogen (secondary N) is 2. The number of imidazole rings is 1. The number of fused-ring (bicyclic) bond motifs is 1. The van der Waals surface area contributed by atoms with Gasteiger partial charge in [0.1, 0.15) is 11.3 Å². The van der Waals surface area contributed by atoms with Crippen LogP contribution in [0.5, 0.6) is 0 Å². The van der Waals surface area contributed by atoms with Gasteiger partial charge in [0.15, 0.2) is 5.65 Å². The summed E-state index contributed by atoms with van der Waals surface area (Å²) in [7, 11) is 0. The summed E-state index contributed by atoms with van der Waals surface area (Å²) in [5, 5.41) is 0. The maximum absolute atomic E-state index is 11.7. The molecule has 92 valence electrons. The van der Waals surface area contributed by atoms with E-state index >= 15 is 0 Å². The molecule has 0 saturated carbocycles. The van der Waals surface area contributed by atoms with E-state index in [2.05, 4.69) is 15.0 Å². The first-order valence-corrected chi connectivity index (χ1v) is 5.74. The van der Waals surface area contributed by atoms with Crippen LogP contribution in [0, 0.1) is 5.92 Å². The summed E-state index contributed by atoms with van der Waals surface area (Å²) in [5.41, 5.74) is 0.0222. The zero-order valence-electron chi connectivity index (χ0n) is 10.2. The highest BCUT2D eigenvalue weighted by molar-refractivity contribution is 5.69. The molecule has 0 fully saturated rings. The summed E-state index contributed by atoms with van der Waals surface area (Å²) in [6, 6.07) is 0. The summed E-state index contributed by atoms with van der Waals surface area (Å²) in [6.07, 6.45) is 0.698. The zero-order chi connectivity index (χ0) is 12.6. The minimum Gasteiger partial charge on any atom is -0.336 e. The second kappa shape index (κ2) is 4.20. The van der Waals surface area contributed by atoms with Crippen LogP contribution in [0.2, 0.25) is 0 Å². The second-order valence-electron chi connectivity index (χ2n) is 4.50. The lowest BCUT2D eigenvalue weighted by Gasteiger charge is -2.07. The predicted octanol–water partition coefficient (Wildman–Crippen LogP) is 0.631. The normalized spacial score (nSPS) is 11.5. The molecule has 2 aromatic rings. The third-order valence-electron chi connectivity index (χ3n) is 2.56. The monoisotopic (exact) mass is 236 g/mol. The molecule has 0 amide bonds. The molecule has 0 radical (unpaired) electrons. The van der Waals surface area contributed by atoms with Crippen molar-refractivity contribution in [3.8, 4) is 0 Å². The first kappa shape index (κ1) is 11.6. The molecule has 17 heavy (non-hydrogen) atoms. The average Bonchev–Trinajstić information content (AvgIpc) is 2.68. The number of aromatic nitrogens is 4. The van der Waals surface area contributed by atoms with Gasteiger partial charge in [0.05, 0.1) is 0 Å². The van der Waals surface area contributed by atoms with E-state index in [1.165, 1.54) is 4.57 Å². The Balaban J connectivity index is 2.77. The number of aryl methyl sites for hydroxylation is 1. The van der Waals surface area contributed by atoms with Gasteiger partial charge in [-0.05, 0) is 5.92 Å². The predicted molar refractivity (Wildman–Crippen MR) is 65.2 cm³/mol. The van der Waals surface area contributed by atoms with Gasteiger partial charge in [-0.15, -0.1) is 0 Å². The molecule has 2 rings (SSSR count). The summed E-state index contributed by atoms with van der Waals surface area (Å²) < 4.78 is 1.51. The smallest absolute Gasteiger partial charge is 0.330 e. The fourth-order valence-corrected chi connectivity index (χ4v) is 1.79. The van der Waals surface area contributed by atoms with Gasteiger partial charge in [0.25, 0.3) is 5.56 Å². The number of H-pyrrole nitrogens is 2. The summed E-state index contributed by atoms with van der Waals surface area (Å²) in [4.78, 5) is 32.9. The molecule has 0 spiro atoms. The van der Waals surface area contributed by atoms with Gasteiger partial charge in [0, 0.05) is 13.0 Å². The van der Waals surface area contributed by atoms with E-state index in [-0.39, 0.29) is 0 Å². The number of hydrogen-bond donors (Lipinski definition) is 2. The van der Waals surface area contributed by atoms with Crippen molar-refractivity contribution in [1.29, 1.82) is 0 Å². The van der Waals surface area contributed by atoms with E-state index in [1.807, 2.05) is 20.8 Å². The maximum atomic E-state index is 11.7. The Morgan fingerprint density at radius 3 is 2.59 bits per heavy atom. The van der Waals surface area contributed by atoms with E-state index < -0.39 is 11.2 Å². The van der Waals surface area contributed by atoms with Crippen molar-refractivity contribution >= 4 is 11.2 Å². The summed E-state index contributed by atoms with van der Waals surface area (Å²) in [6.45, 7) is 6.50. The van der Waals surface area contributed by atoms with Crippen LogP contribution < -0.4 is 11.2 Å². The van der Waals surface area contributed by atoms with Crippen molar-refractivity contribution in [1.82, 2.24) is 19.5 Å². The topological polar surface area (TPSA) is 83.5 Å². The van der Waals surface area contributed by atoms with E-state index in [4.69, 9.17) is 0 Å². The largest absolute Gasteiger partial charge is 0.336 e. The highest BCUT2D eigenvalue weighted by Crippen LogP contribution is 2.07. The standard InChI is InChI=1S/C11H16N4O2/c1-4-7-12-8-9(13-7)15(5-6(2)3)11(17)14-10(8)16/h6H,4-5H2,1-3H3,(H,12,13)(H,14,16,17). The van der Waals surface area contributed by atoms with Gasteiger partial charge in [-0.2, -0.15) is 0 Å². The maximum Gasteiger partial charge on any atom is 0.330 e. The summed E-state index contributed by atoms with van der Waals surface area (Å²) in [5.74, 6) is 1.03. The molecular weight excluding hydrogens is 220 g/mol. The minimum atomic E-state index is -0.405. The van der Waals surface area contributed by atoms with E-state index in [0.29, 0.717) is 35.9 Å². The zero-order valence-corrected chi connectivity index (χ0v) is 10.2. The van der Waals surface area contributed by atoms with Gasteiger partial charge in [-0.25, -0.2) is 9.78 Å². The lowest BCUT2D eigenvalue weighted by molar-refractivity contribution is 0.513. The Bertz CT molecular complexity index is 648. The van der Waals surface area contributed by atoms with Crippen molar-refractivity contribution in [2.75, 3.05) is 0 Å². The number of nitrogens with zero attached hydrogens (tertiary/aromatic N) is 2. The Morgan fingerprint density at radius 2 is 2.00 bits per heavy atom. The Hall–Kier alpha value is -1.85. The molecule has 0 aliphatic heterocycles. The molecule has 0 aliphatic rings. The Kier molecular flexibility index (Phi) is 2.87. The van der Waals surface area contributed by atoms with Crippen molar-refractivity contribution in [3.63, 3.8) is 0 Å². The lowest BCUT2D eigenvalue weighted by Crippen LogP contribution is -2.31. The average molecular weight is 236 g/mol. The van der Waals surface area contributed by atoms with Crippen molar-refractivity contribution < 1.29 is 0 Å². The molecule has 0 aromatic carbocycles. The highest BCUT2D eigenvalue weighted by Gasteiger charge is 2.12. The van der Waals surface area contributed by atoms with Crippen LogP contribution in [-0.4, -0.2) is 19.5 Å². The van der Waals surface area contributed by atoms with Crippen molar-refractivity contribution in [2.24, 2.45) is 5.92 Å². The fourth-order valence-electron chi connectivity index (χ4n) is 1.79. The van der Waals surface area contributed by atoms with Crippen LogP contribution in [0.1, 0.15) is 26.6 Å². The summed E-state index contributed by atoms with van der Waals surface area (Å²) >= 11 is 0. The first-order valence-electron chi connectivity index (χ1n) is 5.74. The van der Waals surface area contributed by atoms with Crippen LogP contribution in [0.25, 0.3) is 11.2 Å². The lowest BCUT2D eigenvalue weighted by atomic mass is 10.2. The third kappa shape index (κ3) is 2.02. The molecule has 0 atom stereocenters. The fraction of sp³-hybridized carbons (Fsp3) is 0.545. The van der Waals surface area contributed by atoms with Crippen molar-refractivity contribution in [3.05, 3.63) is 26.7 Å². The van der Waals surface area contributed by atoms with Crippen LogP contribution in [0.4, 0.5) is 0 Å². The van der Waals surface area contributed by atoms with E-state index in [9.17, 15) is 9.59 Å². The number of rotatable bonds is 3. The quantitative estimate of drug-likeness (QED) is 0.819. The second-order valence-corrected chi connectivity index (χ2v) is 4.50. The SMILES string of the molecule is CCc1nc2c([nH]1)c(=O)[nH]c(=O)n2CC(C)C. The Morgan fingerprint density at radius 1 is 1.29 bits per heavy atom. The third-order valence-corrected chi connectivity index (χ3v) is 2.56. The number of hydrogen-bond acceptors (Lipinski definition) is 3. The molecule has 2 N–H and O–H groups in total. The van der Waals surface area contributed by atoms with E-state index in [0.717, 1.165) is 0 Å². The highest BCUT2D eigenvalue weighted by atomic mass is 16.2. The molecule has 2 heterocycles. The molecule has 0 unspecified atom stereocenters. The molecular formula is C11H16N4O2.